The fourth-order valence-corrected chi connectivity index (χ4v) is 1.29. The van der Waals surface area contributed by atoms with Crippen LogP contribution in [0.5, 0.6) is 0 Å². The monoisotopic (exact) mass is 237 g/mol. The first kappa shape index (κ1) is 15.2. The van der Waals surface area contributed by atoms with Gasteiger partial charge in [0.15, 0.2) is 0 Å². The number of nitriles is 1. The van der Waals surface area contributed by atoms with E-state index >= 15 is 0 Å². The summed E-state index contributed by atoms with van der Waals surface area (Å²) in [6.07, 6.45) is -3.36. The molecule has 0 aliphatic heterocycles. The topological polar surface area (TPSA) is 39.1 Å². The summed E-state index contributed by atoms with van der Waals surface area (Å²) >= 11 is 0. The first-order valence-corrected chi connectivity index (χ1v) is 5.35. The minimum atomic E-state index is -4.21. The average molecular weight is 237 g/mol. The molecule has 0 aromatic rings. The highest BCUT2D eigenvalue weighted by molar-refractivity contribution is 4.92. The van der Waals surface area contributed by atoms with Gasteiger partial charge in [-0.15, -0.1) is 0 Å². The van der Waals surface area contributed by atoms with Gasteiger partial charge in [0.25, 0.3) is 0 Å². The lowest BCUT2D eigenvalue weighted by atomic mass is 10.2. The van der Waals surface area contributed by atoms with Gasteiger partial charge in [-0.25, -0.2) is 0 Å². The second-order valence-corrected chi connectivity index (χ2v) is 3.58. The van der Waals surface area contributed by atoms with Crippen molar-refractivity contribution in [2.24, 2.45) is 0 Å². The van der Waals surface area contributed by atoms with Crippen molar-refractivity contribution in [2.75, 3.05) is 26.2 Å². The summed E-state index contributed by atoms with van der Waals surface area (Å²) < 4.78 is 36.5. The van der Waals surface area contributed by atoms with Crippen LogP contribution in [0.15, 0.2) is 0 Å². The van der Waals surface area contributed by atoms with Gasteiger partial charge in [-0.3, -0.25) is 4.90 Å². The predicted octanol–water partition coefficient (Wildman–Crippen LogP) is 1.76. The molecule has 0 aliphatic carbocycles. The Bertz CT molecular complexity index is 222. The molecular formula is C10H18F3N3. The van der Waals surface area contributed by atoms with E-state index in [4.69, 9.17) is 5.26 Å². The number of rotatable bonds is 7. The Hall–Kier alpha value is -0.800. The molecule has 6 heteroatoms. The lowest BCUT2D eigenvalue weighted by molar-refractivity contribution is -0.145. The van der Waals surface area contributed by atoms with Crippen LogP contribution in [-0.4, -0.2) is 43.3 Å². The molecule has 0 heterocycles. The second kappa shape index (κ2) is 7.47. The van der Waals surface area contributed by atoms with E-state index in [1.165, 1.54) is 4.90 Å². The van der Waals surface area contributed by atoms with Crippen LogP contribution >= 0.6 is 0 Å². The van der Waals surface area contributed by atoms with Gasteiger partial charge in [0.2, 0.25) is 0 Å². The van der Waals surface area contributed by atoms with Gasteiger partial charge in [0.05, 0.1) is 12.6 Å². The van der Waals surface area contributed by atoms with Crippen molar-refractivity contribution < 1.29 is 13.2 Å². The van der Waals surface area contributed by atoms with E-state index in [1.807, 2.05) is 13.0 Å². The summed E-state index contributed by atoms with van der Waals surface area (Å²) in [6.45, 7) is 3.66. The molecule has 1 unspecified atom stereocenters. The Balaban J connectivity index is 4.13. The zero-order chi connectivity index (χ0) is 12.6. The predicted molar refractivity (Wildman–Crippen MR) is 55.9 cm³/mol. The summed E-state index contributed by atoms with van der Waals surface area (Å²) in [5.74, 6) is 0. The number of halogens is 3. The molecule has 94 valence electrons. The van der Waals surface area contributed by atoms with Crippen LogP contribution in [0.25, 0.3) is 0 Å². The highest BCUT2D eigenvalue weighted by Crippen LogP contribution is 2.16. The van der Waals surface area contributed by atoms with Gasteiger partial charge < -0.3 is 5.32 Å². The zero-order valence-corrected chi connectivity index (χ0v) is 9.64. The van der Waals surface area contributed by atoms with Gasteiger partial charge in [-0.1, -0.05) is 13.8 Å². The highest BCUT2D eigenvalue weighted by atomic mass is 19.4. The molecule has 16 heavy (non-hydrogen) atoms. The lowest BCUT2D eigenvalue weighted by Crippen LogP contribution is -2.44. The van der Waals surface area contributed by atoms with E-state index in [0.29, 0.717) is 6.54 Å². The standard InChI is InChI=1S/C10H18F3N3/c1-3-5-15-9(6-14)7-16(4-2)8-10(11,12)13/h9,15H,3-5,7-8H2,1-2H3. The Morgan fingerprint density at radius 2 is 2.00 bits per heavy atom. The molecule has 0 spiro atoms. The van der Waals surface area contributed by atoms with Crippen molar-refractivity contribution in [1.82, 2.24) is 10.2 Å². The van der Waals surface area contributed by atoms with Crippen molar-refractivity contribution in [2.45, 2.75) is 32.5 Å². The second-order valence-electron chi connectivity index (χ2n) is 3.58. The summed E-state index contributed by atoms with van der Waals surface area (Å²) in [6, 6.07) is 1.43. The smallest absolute Gasteiger partial charge is 0.301 e. The fourth-order valence-electron chi connectivity index (χ4n) is 1.29. The molecule has 3 nitrogen and oxygen atoms in total. The maximum Gasteiger partial charge on any atom is 0.401 e. The minimum absolute atomic E-state index is 0.104. The van der Waals surface area contributed by atoms with E-state index in [-0.39, 0.29) is 13.1 Å². The van der Waals surface area contributed by atoms with Gasteiger partial charge >= 0.3 is 6.18 Å². The number of nitrogens with one attached hydrogen (secondary N) is 1. The number of likely N-dealkylation sites (N-methyl/N-ethyl adjacent to an activating group) is 1. The lowest BCUT2D eigenvalue weighted by Gasteiger charge is -2.24. The van der Waals surface area contributed by atoms with Crippen LogP contribution in [0, 0.1) is 11.3 Å². The van der Waals surface area contributed by atoms with Crippen LogP contribution in [-0.2, 0) is 0 Å². The number of hydrogen-bond acceptors (Lipinski definition) is 3. The number of nitrogens with zero attached hydrogens (tertiary/aromatic N) is 2. The molecule has 0 rings (SSSR count). The molecule has 0 aromatic heterocycles. The summed E-state index contributed by atoms with van der Waals surface area (Å²) in [4.78, 5) is 1.22. The quantitative estimate of drug-likeness (QED) is 0.733. The van der Waals surface area contributed by atoms with Gasteiger partial charge in [0.1, 0.15) is 6.04 Å². The molecule has 0 bridgehead atoms. The maximum atomic E-state index is 12.2. The number of alkyl halides is 3. The van der Waals surface area contributed by atoms with E-state index in [2.05, 4.69) is 5.32 Å². The van der Waals surface area contributed by atoms with Crippen LogP contribution in [0.1, 0.15) is 20.3 Å². The van der Waals surface area contributed by atoms with Gasteiger partial charge in [0, 0.05) is 6.54 Å². The average Bonchev–Trinajstić information content (AvgIpc) is 2.20. The Kier molecular flexibility index (Phi) is 7.10. The Morgan fingerprint density at radius 1 is 1.38 bits per heavy atom. The molecule has 0 aliphatic rings. The molecule has 0 saturated carbocycles. The normalized spacial score (nSPS) is 13.8. The van der Waals surface area contributed by atoms with E-state index in [0.717, 1.165) is 6.42 Å². The molecule has 0 amide bonds. The maximum absolute atomic E-state index is 12.2. The first-order valence-electron chi connectivity index (χ1n) is 5.35. The summed E-state index contributed by atoms with van der Waals surface area (Å²) in [5, 5.41) is 11.7. The molecule has 1 N–H and O–H groups in total. The van der Waals surface area contributed by atoms with Crippen molar-refractivity contribution >= 4 is 0 Å². The van der Waals surface area contributed by atoms with E-state index in [1.54, 1.807) is 6.92 Å². The fraction of sp³-hybridized carbons (Fsp3) is 0.900. The summed E-state index contributed by atoms with van der Waals surface area (Å²) in [5.41, 5.74) is 0. The minimum Gasteiger partial charge on any atom is -0.301 e. The molecule has 0 saturated heterocycles. The van der Waals surface area contributed by atoms with Gasteiger partial charge in [-0.2, -0.15) is 18.4 Å². The van der Waals surface area contributed by atoms with Crippen molar-refractivity contribution in [3.05, 3.63) is 0 Å². The molecule has 0 fully saturated rings. The van der Waals surface area contributed by atoms with Crippen molar-refractivity contribution in [3.8, 4) is 6.07 Å². The van der Waals surface area contributed by atoms with Crippen molar-refractivity contribution in [3.63, 3.8) is 0 Å². The zero-order valence-electron chi connectivity index (χ0n) is 9.64. The molecule has 0 aromatic carbocycles. The van der Waals surface area contributed by atoms with E-state index < -0.39 is 18.8 Å². The SMILES string of the molecule is CCCNC(C#N)CN(CC)CC(F)(F)F. The molecular weight excluding hydrogens is 219 g/mol. The summed E-state index contributed by atoms with van der Waals surface area (Å²) in [7, 11) is 0. The van der Waals surface area contributed by atoms with Gasteiger partial charge in [-0.05, 0) is 19.5 Å². The third kappa shape index (κ3) is 7.49. The van der Waals surface area contributed by atoms with Crippen LogP contribution in [0.2, 0.25) is 0 Å². The van der Waals surface area contributed by atoms with Crippen molar-refractivity contribution in [1.29, 1.82) is 5.26 Å². The Labute approximate surface area is 94.2 Å². The van der Waals surface area contributed by atoms with Crippen LogP contribution < -0.4 is 5.32 Å². The largest absolute Gasteiger partial charge is 0.401 e. The van der Waals surface area contributed by atoms with E-state index in [9.17, 15) is 13.2 Å². The van der Waals surface area contributed by atoms with Crippen LogP contribution in [0.4, 0.5) is 13.2 Å². The Morgan fingerprint density at radius 3 is 2.38 bits per heavy atom. The number of hydrogen-bond donors (Lipinski definition) is 1. The third-order valence-electron chi connectivity index (χ3n) is 2.09. The molecule has 1 atom stereocenters. The third-order valence-corrected chi connectivity index (χ3v) is 2.09. The molecule has 0 radical (unpaired) electrons. The van der Waals surface area contributed by atoms with Crippen LogP contribution in [0.3, 0.4) is 0 Å². The highest BCUT2D eigenvalue weighted by Gasteiger charge is 2.30. The first-order chi connectivity index (χ1) is 7.42.